The Hall–Kier alpha value is -2.02. The van der Waals surface area contributed by atoms with Crippen molar-refractivity contribution in [2.45, 2.75) is 20.8 Å². The Kier molecular flexibility index (Phi) is 7.25. The molecule has 4 heteroatoms. The van der Waals surface area contributed by atoms with E-state index in [1.807, 2.05) is 19.9 Å². The second-order valence-electron chi connectivity index (χ2n) is 2.50. The molecule has 0 aromatic heterocycles. The van der Waals surface area contributed by atoms with E-state index in [0.29, 0.717) is 17.9 Å². The number of para-hydroxylation sites is 1. The van der Waals surface area contributed by atoms with Crippen molar-refractivity contribution >= 4 is 11.8 Å². The largest absolute Gasteiger partial charge is 0.450 e. The highest BCUT2D eigenvalue weighted by molar-refractivity contribution is 5.86. The van der Waals surface area contributed by atoms with Crippen LogP contribution in [0.2, 0.25) is 0 Å². The molecule has 0 aliphatic carbocycles. The lowest BCUT2D eigenvalue weighted by molar-refractivity contribution is 0.168. The molecule has 0 saturated heterocycles. The predicted octanol–water partition coefficient (Wildman–Crippen LogP) is 3.15. The topological polar surface area (TPSA) is 62.1 Å². The first-order valence-electron chi connectivity index (χ1n) is 5.20. The number of carbonyl (C=O) groups is 1. The van der Waals surface area contributed by atoms with E-state index in [0.717, 1.165) is 0 Å². The monoisotopic (exact) mass is 220 g/mol. The maximum absolute atomic E-state index is 11.0. The van der Waals surface area contributed by atoms with E-state index in [1.54, 1.807) is 31.2 Å². The predicted molar refractivity (Wildman–Crippen MR) is 63.1 cm³/mol. The van der Waals surface area contributed by atoms with E-state index in [-0.39, 0.29) is 0 Å². The van der Waals surface area contributed by atoms with Crippen molar-refractivity contribution < 1.29 is 9.53 Å². The van der Waals surface area contributed by atoms with Crippen LogP contribution in [0.4, 0.5) is 10.5 Å². The first kappa shape index (κ1) is 14.0. The third kappa shape index (κ3) is 4.47. The average Bonchev–Trinajstić information content (AvgIpc) is 2.32. The number of nitrogens with zero attached hydrogens (tertiary/aromatic N) is 1. The van der Waals surface area contributed by atoms with Crippen LogP contribution in [0.5, 0.6) is 0 Å². The second-order valence-corrected chi connectivity index (χ2v) is 2.50. The third-order valence-electron chi connectivity index (χ3n) is 1.56. The van der Waals surface area contributed by atoms with Crippen molar-refractivity contribution in [2.75, 3.05) is 11.9 Å². The molecule has 1 amide bonds. The van der Waals surface area contributed by atoms with Gasteiger partial charge in [-0.25, -0.2) is 4.79 Å². The number of hydrogen-bond acceptors (Lipinski definition) is 3. The minimum atomic E-state index is -0.546. The van der Waals surface area contributed by atoms with Gasteiger partial charge in [0.05, 0.1) is 17.9 Å². The minimum Gasteiger partial charge on any atom is -0.450 e. The highest BCUT2D eigenvalue weighted by Crippen LogP contribution is 2.13. The van der Waals surface area contributed by atoms with Gasteiger partial charge in [-0.2, -0.15) is 5.26 Å². The van der Waals surface area contributed by atoms with Gasteiger partial charge in [-0.05, 0) is 19.1 Å². The van der Waals surface area contributed by atoms with Gasteiger partial charge < -0.3 is 4.74 Å². The molecule has 1 N–H and O–H groups in total. The minimum absolute atomic E-state index is 0.306. The van der Waals surface area contributed by atoms with Gasteiger partial charge in [-0.15, -0.1) is 0 Å². The van der Waals surface area contributed by atoms with Crippen LogP contribution in [0.25, 0.3) is 0 Å². The second kappa shape index (κ2) is 8.30. The molecule has 86 valence electrons. The Morgan fingerprint density at radius 1 is 1.44 bits per heavy atom. The van der Waals surface area contributed by atoms with Crippen LogP contribution in [-0.2, 0) is 4.74 Å². The molecule has 1 aromatic carbocycles. The summed E-state index contributed by atoms with van der Waals surface area (Å²) in [6, 6.07) is 8.72. The van der Waals surface area contributed by atoms with Crippen molar-refractivity contribution in [3.8, 4) is 6.07 Å². The number of amides is 1. The number of ether oxygens (including phenoxy) is 1. The van der Waals surface area contributed by atoms with E-state index < -0.39 is 6.09 Å². The first-order chi connectivity index (χ1) is 7.77. The van der Waals surface area contributed by atoms with E-state index in [1.165, 1.54) is 0 Å². The zero-order chi connectivity index (χ0) is 12.4. The molecule has 0 heterocycles. The number of anilines is 1. The lowest BCUT2D eigenvalue weighted by Crippen LogP contribution is -2.13. The quantitative estimate of drug-likeness (QED) is 0.832. The smallest absolute Gasteiger partial charge is 0.411 e. The molecule has 0 spiro atoms. The van der Waals surface area contributed by atoms with E-state index >= 15 is 0 Å². The summed E-state index contributed by atoms with van der Waals surface area (Å²) in [4.78, 5) is 11.0. The Morgan fingerprint density at radius 3 is 2.62 bits per heavy atom. The Balaban J connectivity index is 0.00000106. The highest BCUT2D eigenvalue weighted by atomic mass is 16.5. The standard InChI is InChI=1S/C10H10N2O2.C2H6/c1-2-14-10(13)12-9-6-4-3-5-8(9)7-11;1-2/h3-6H,2H2,1H3,(H,12,13);1-2H3. The fourth-order valence-electron chi connectivity index (χ4n) is 0.967. The number of rotatable bonds is 2. The van der Waals surface area contributed by atoms with Crippen LogP contribution in [0.3, 0.4) is 0 Å². The molecule has 0 unspecified atom stereocenters. The van der Waals surface area contributed by atoms with Gasteiger partial charge in [0.25, 0.3) is 0 Å². The van der Waals surface area contributed by atoms with Gasteiger partial charge in [-0.1, -0.05) is 26.0 Å². The molecule has 0 saturated carbocycles. The summed E-state index contributed by atoms with van der Waals surface area (Å²) in [5.74, 6) is 0. The SMILES string of the molecule is CC.CCOC(=O)Nc1ccccc1C#N. The highest BCUT2D eigenvalue weighted by Gasteiger charge is 2.05. The summed E-state index contributed by atoms with van der Waals surface area (Å²) < 4.78 is 4.69. The fraction of sp³-hybridized carbons (Fsp3) is 0.333. The van der Waals surface area contributed by atoms with Crippen LogP contribution in [0.1, 0.15) is 26.3 Å². The van der Waals surface area contributed by atoms with Gasteiger partial charge >= 0.3 is 6.09 Å². The lowest BCUT2D eigenvalue weighted by atomic mass is 10.2. The lowest BCUT2D eigenvalue weighted by Gasteiger charge is -2.05. The first-order valence-corrected chi connectivity index (χ1v) is 5.20. The molecular formula is C12H16N2O2. The summed E-state index contributed by atoms with van der Waals surface area (Å²) in [6.07, 6.45) is -0.546. The fourth-order valence-corrected chi connectivity index (χ4v) is 0.967. The molecule has 0 aliphatic rings. The Labute approximate surface area is 95.8 Å². The number of benzene rings is 1. The zero-order valence-corrected chi connectivity index (χ0v) is 9.78. The summed E-state index contributed by atoms with van der Waals surface area (Å²) in [7, 11) is 0. The van der Waals surface area contributed by atoms with Crippen molar-refractivity contribution in [1.82, 2.24) is 0 Å². The van der Waals surface area contributed by atoms with E-state index in [4.69, 9.17) is 5.26 Å². The van der Waals surface area contributed by atoms with Crippen molar-refractivity contribution in [3.05, 3.63) is 29.8 Å². The average molecular weight is 220 g/mol. The van der Waals surface area contributed by atoms with Crippen LogP contribution < -0.4 is 5.32 Å². The van der Waals surface area contributed by atoms with E-state index in [2.05, 4.69) is 10.1 Å². The molecule has 0 fully saturated rings. The van der Waals surface area contributed by atoms with Crippen LogP contribution in [-0.4, -0.2) is 12.7 Å². The number of nitriles is 1. The molecule has 0 bridgehead atoms. The number of carbonyl (C=O) groups excluding carboxylic acids is 1. The van der Waals surface area contributed by atoms with Gasteiger partial charge in [0, 0.05) is 0 Å². The van der Waals surface area contributed by atoms with Crippen LogP contribution >= 0.6 is 0 Å². The summed E-state index contributed by atoms with van der Waals surface area (Å²) >= 11 is 0. The Morgan fingerprint density at radius 2 is 2.06 bits per heavy atom. The van der Waals surface area contributed by atoms with Gasteiger partial charge in [0.1, 0.15) is 6.07 Å². The van der Waals surface area contributed by atoms with Gasteiger partial charge in [0.2, 0.25) is 0 Å². The summed E-state index contributed by atoms with van der Waals surface area (Å²) in [6.45, 7) is 6.02. The maximum Gasteiger partial charge on any atom is 0.411 e. The molecule has 0 atom stereocenters. The number of nitrogens with one attached hydrogen (secondary N) is 1. The van der Waals surface area contributed by atoms with Crippen molar-refractivity contribution in [2.24, 2.45) is 0 Å². The molecule has 0 aliphatic heterocycles. The zero-order valence-electron chi connectivity index (χ0n) is 9.78. The molecule has 0 radical (unpaired) electrons. The van der Waals surface area contributed by atoms with Crippen molar-refractivity contribution in [1.29, 1.82) is 5.26 Å². The maximum atomic E-state index is 11.0. The summed E-state index contributed by atoms with van der Waals surface area (Å²) in [5.41, 5.74) is 0.883. The van der Waals surface area contributed by atoms with Gasteiger partial charge in [0.15, 0.2) is 0 Å². The molecule has 1 aromatic rings. The van der Waals surface area contributed by atoms with Crippen LogP contribution in [0.15, 0.2) is 24.3 Å². The van der Waals surface area contributed by atoms with Crippen LogP contribution in [0, 0.1) is 11.3 Å². The molecule has 4 nitrogen and oxygen atoms in total. The molecular weight excluding hydrogens is 204 g/mol. The van der Waals surface area contributed by atoms with Gasteiger partial charge in [-0.3, -0.25) is 5.32 Å². The summed E-state index contributed by atoms with van der Waals surface area (Å²) in [5, 5.41) is 11.2. The van der Waals surface area contributed by atoms with Crippen molar-refractivity contribution in [3.63, 3.8) is 0 Å². The number of hydrogen-bond donors (Lipinski definition) is 1. The third-order valence-corrected chi connectivity index (χ3v) is 1.56. The Bertz CT molecular complexity index is 370. The molecule has 1 rings (SSSR count). The molecule has 16 heavy (non-hydrogen) atoms. The normalized spacial score (nSPS) is 8.12. The van der Waals surface area contributed by atoms with E-state index in [9.17, 15) is 4.79 Å².